The van der Waals surface area contributed by atoms with E-state index in [1.54, 1.807) is 0 Å². The lowest BCUT2D eigenvalue weighted by molar-refractivity contribution is -0.121. The summed E-state index contributed by atoms with van der Waals surface area (Å²) in [4.78, 5) is 11.5. The molecule has 1 amide bonds. The van der Waals surface area contributed by atoms with Crippen molar-refractivity contribution in [2.75, 3.05) is 6.61 Å². The molecule has 3 nitrogen and oxygen atoms in total. The molecule has 0 radical (unpaired) electrons. The molecule has 0 spiro atoms. The average molecular weight is 277 g/mol. The molecule has 0 atom stereocenters. The van der Waals surface area contributed by atoms with E-state index in [9.17, 15) is 4.79 Å². The minimum Gasteiger partial charge on any atom is -0.494 e. The topological polar surface area (TPSA) is 38.3 Å². The molecule has 0 unspecified atom stereocenters. The van der Waals surface area contributed by atoms with Crippen molar-refractivity contribution >= 4 is 5.91 Å². The van der Waals surface area contributed by atoms with Crippen LogP contribution < -0.4 is 10.1 Å². The lowest BCUT2D eigenvalue weighted by Crippen LogP contribution is -2.30. The van der Waals surface area contributed by atoms with Gasteiger partial charge in [-0.1, -0.05) is 19.9 Å². The van der Waals surface area contributed by atoms with Crippen molar-refractivity contribution in [2.24, 2.45) is 0 Å². The maximum atomic E-state index is 11.5. The van der Waals surface area contributed by atoms with Crippen LogP contribution in [0.15, 0.2) is 18.2 Å². The van der Waals surface area contributed by atoms with Crippen LogP contribution in [0.25, 0.3) is 0 Å². The highest BCUT2D eigenvalue weighted by molar-refractivity contribution is 5.76. The van der Waals surface area contributed by atoms with Crippen LogP contribution >= 0.6 is 0 Å². The standard InChI is InChI=1S/C17H27NO2/c1-12(2)16-9-8-15(11-14(16)5)20-10-6-7-17(19)18-13(3)4/h8-9,11-13H,6-7,10H2,1-5H3,(H,18,19). The number of hydrogen-bond donors (Lipinski definition) is 1. The molecule has 3 heteroatoms. The molecule has 1 rings (SSSR count). The number of carbonyl (C=O) groups is 1. The Morgan fingerprint density at radius 2 is 1.95 bits per heavy atom. The highest BCUT2D eigenvalue weighted by Gasteiger charge is 2.06. The highest BCUT2D eigenvalue weighted by Crippen LogP contribution is 2.23. The van der Waals surface area contributed by atoms with Crippen LogP contribution in [-0.4, -0.2) is 18.6 Å². The van der Waals surface area contributed by atoms with Crippen LogP contribution in [0.3, 0.4) is 0 Å². The molecule has 0 fully saturated rings. The van der Waals surface area contributed by atoms with Crippen molar-refractivity contribution in [1.29, 1.82) is 0 Å². The zero-order chi connectivity index (χ0) is 15.1. The minimum absolute atomic E-state index is 0.0925. The van der Waals surface area contributed by atoms with Crippen LogP contribution in [-0.2, 0) is 4.79 Å². The molecule has 1 aromatic rings. The maximum absolute atomic E-state index is 11.5. The molecular formula is C17H27NO2. The molecule has 0 saturated carbocycles. The summed E-state index contributed by atoms with van der Waals surface area (Å²) in [6.45, 7) is 11.0. The van der Waals surface area contributed by atoms with Gasteiger partial charge in [0, 0.05) is 12.5 Å². The van der Waals surface area contributed by atoms with Gasteiger partial charge < -0.3 is 10.1 Å². The number of nitrogens with one attached hydrogen (secondary N) is 1. The van der Waals surface area contributed by atoms with Crippen LogP contribution in [0.4, 0.5) is 0 Å². The summed E-state index contributed by atoms with van der Waals surface area (Å²) in [5.41, 5.74) is 2.61. The zero-order valence-electron chi connectivity index (χ0n) is 13.3. The van der Waals surface area contributed by atoms with Crippen LogP contribution in [0.5, 0.6) is 5.75 Å². The second-order valence-electron chi connectivity index (χ2n) is 5.85. The maximum Gasteiger partial charge on any atom is 0.220 e. The first-order valence-electron chi connectivity index (χ1n) is 7.43. The monoisotopic (exact) mass is 277 g/mol. The fourth-order valence-corrected chi connectivity index (χ4v) is 2.20. The normalized spacial score (nSPS) is 10.9. The van der Waals surface area contributed by atoms with Crippen LogP contribution in [0.2, 0.25) is 0 Å². The smallest absolute Gasteiger partial charge is 0.220 e. The summed E-state index contributed by atoms with van der Waals surface area (Å²) in [7, 11) is 0. The average Bonchev–Trinajstić information content (AvgIpc) is 2.33. The minimum atomic E-state index is 0.0925. The Morgan fingerprint density at radius 1 is 1.25 bits per heavy atom. The summed E-state index contributed by atoms with van der Waals surface area (Å²) in [6, 6.07) is 6.41. The number of carbonyl (C=O) groups excluding carboxylic acids is 1. The largest absolute Gasteiger partial charge is 0.494 e. The number of rotatable bonds is 7. The fraction of sp³-hybridized carbons (Fsp3) is 0.588. The summed E-state index contributed by atoms with van der Waals surface area (Å²) >= 11 is 0. The predicted octanol–water partition coefficient (Wildman–Crippen LogP) is 3.80. The molecular weight excluding hydrogens is 250 g/mol. The van der Waals surface area contributed by atoms with Gasteiger partial charge in [-0.3, -0.25) is 4.79 Å². The number of ether oxygens (including phenoxy) is 1. The van der Waals surface area contributed by atoms with Crippen molar-refractivity contribution in [1.82, 2.24) is 5.32 Å². The van der Waals surface area contributed by atoms with Crippen LogP contribution in [0, 0.1) is 6.92 Å². The Morgan fingerprint density at radius 3 is 2.50 bits per heavy atom. The van der Waals surface area contributed by atoms with Crippen molar-refractivity contribution in [3.63, 3.8) is 0 Å². The fourth-order valence-electron chi connectivity index (χ4n) is 2.20. The molecule has 1 aromatic carbocycles. The van der Waals surface area contributed by atoms with Gasteiger partial charge in [-0.25, -0.2) is 0 Å². The van der Waals surface area contributed by atoms with E-state index in [1.807, 2.05) is 19.9 Å². The lowest BCUT2D eigenvalue weighted by Gasteiger charge is -2.12. The van der Waals surface area contributed by atoms with E-state index in [0.717, 1.165) is 12.2 Å². The number of hydrogen-bond acceptors (Lipinski definition) is 2. The third kappa shape index (κ3) is 5.64. The van der Waals surface area contributed by atoms with Gasteiger partial charge in [0.25, 0.3) is 0 Å². The van der Waals surface area contributed by atoms with Crippen molar-refractivity contribution in [3.8, 4) is 5.75 Å². The molecule has 0 bridgehead atoms. The van der Waals surface area contributed by atoms with E-state index in [-0.39, 0.29) is 11.9 Å². The van der Waals surface area contributed by atoms with E-state index >= 15 is 0 Å². The van der Waals surface area contributed by atoms with Crippen LogP contribution in [0.1, 0.15) is 57.6 Å². The van der Waals surface area contributed by atoms with E-state index in [4.69, 9.17) is 4.74 Å². The van der Waals surface area contributed by atoms with E-state index < -0.39 is 0 Å². The summed E-state index contributed by atoms with van der Waals surface area (Å²) in [5, 5.41) is 2.88. The van der Waals surface area contributed by atoms with E-state index in [1.165, 1.54) is 11.1 Å². The Kier molecular flexibility index (Phi) is 6.56. The molecule has 0 aliphatic rings. The Labute approximate surface area is 122 Å². The van der Waals surface area contributed by atoms with Crippen molar-refractivity contribution in [2.45, 2.75) is 59.4 Å². The van der Waals surface area contributed by atoms with Gasteiger partial charge in [0.2, 0.25) is 5.91 Å². The highest BCUT2D eigenvalue weighted by atomic mass is 16.5. The van der Waals surface area contributed by atoms with E-state index in [2.05, 4.69) is 38.2 Å². The van der Waals surface area contributed by atoms with Gasteiger partial charge >= 0.3 is 0 Å². The second kappa shape index (κ2) is 7.93. The second-order valence-corrected chi connectivity index (χ2v) is 5.85. The zero-order valence-corrected chi connectivity index (χ0v) is 13.3. The summed E-state index contributed by atoms with van der Waals surface area (Å²) < 4.78 is 5.70. The first kappa shape index (κ1) is 16.5. The molecule has 0 heterocycles. The van der Waals surface area contributed by atoms with Gasteiger partial charge in [0.05, 0.1) is 6.61 Å². The Balaban J connectivity index is 2.36. The quantitative estimate of drug-likeness (QED) is 0.770. The number of amides is 1. The van der Waals surface area contributed by atoms with Crippen molar-refractivity contribution < 1.29 is 9.53 Å². The molecule has 1 N–H and O–H groups in total. The molecule has 112 valence electrons. The van der Waals surface area contributed by atoms with Gasteiger partial charge in [-0.05, 0) is 56.4 Å². The molecule has 0 saturated heterocycles. The van der Waals surface area contributed by atoms with Gasteiger partial charge in [0.15, 0.2) is 0 Å². The Bertz CT molecular complexity index is 439. The first-order chi connectivity index (χ1) is 9.40. The Hall–Kier alpha value is -1.51. The van der Waals surface area contributed by atoms with Gasteiger partial charge in [0.1, 0.15) is 5.75 Å². The molecule has 0 aliphatic carbocycles. The third-order valence-corrected chi connectivity index (χ3v) is 3.13. The lowest BCUT2D eigenvalue weighted by atomic mass is 9.98. The molecule has 20 heavy (non-hydrogen) atoms. The van der Waals surface area contributed by atoms with Gasteiger partial charge in [-0.15, -0.1) is 0 Å². The van der Waals surface area contributed by atoms with Gasteiger partial charge in [-0.2, -0.15) is 0 Å². The third-order valence-electron chi connectivity index (χ3n) is 3.13. The first-order valence-corrected chi connectivity index (χ1v) is 7.43. The van der Waals surface area contributed by atoms with Crippen molar-refractivity contribution in [3.05, 3.63) is 29.3 Å². The summed E-state index contributed by atoms with van der Waals surface area (Å²) in [5.74, 6) is 1.51. The SMILES string of the molecule is Cc1cc(OCCCC(=O)NC(C)C)ccc1C(C)C. The molecule has 0 aromatic heterocycles. The predicted molar refractivity (Wildman–Crippen MR) is 83.3 cm³/mol. The summed E-state index contributed by atoms with van der Waals surface area (Å²) in [6.07, 6.45) is 1.25. The number of benzene rings is 1. The number of aryl methyl sites for hydroxylation is 1. The van der Waals surface area contributed by atoms with E-state index in [0.29, 0.717) is 18.9 Å². The molecule has 0 aliphatic heterocycles.